The minimum absolute atomic E-state index is 0.302. The highest BCUT2D eigenvalue weighted by Gasteiger charge is 2.32. The fourth-order valence-electron chi connectivity index (χ4n) is 4.98. The highest BCUT2D eigenvalue weighted by Crippen LogP contribution is 2.47. The van der Waals surface area contributed by atoms with Crippen LogP contribution >= 0.6 is 0 Å². The molecule has 0 spiro atoms. The van der Waals surface area contributed by atoms with E-state index < -0.39 is 0 Å². The predicted molar refractivity (Wildman–Crippen MR) is 130 cm³/mol. The number of furan rings is 1. The molecule has 5 aromatic rings. The lowest BCUT2D eigenvalue weighted by Crippen LogP contribution is -2.43. The number of para-hydroxylation sites is 4. The van der Waals surface area contributed by atoms with Gasteiger partial charge in [-0.05, 0) is 49.7 Å². The Hall–Kier alpha value is -3.72. The maximum atomic E-state index is 6.42. The Morgan fingerprint density at radius 3 is 2.29 bits per heavy atom. The maximum Gasteiger partial charge on any atom is 0.159 e. The van der Waals surface area contributed by atoms with E-state index in [1.54, 1.807) is 0 Å². The third-order valence-electron chi connectivity index (χ3n) is 6.35. The molecule has 1 aromatic heterocycles. The number of benzene rings is 4. The number of nitrogens with zero attached hydrogens (tertiary/aromatic N) is 2. The topological polar surface area (TPSA) is 19.6 Å². The third kappa shape index (κ3) is 2.73. The molecule has 0 saturated heterocycles. The van der Waals surface area contributed by atoms with Gasteiger partial charge in [-0.1, -0.05) is 60.7 Å². The first-order valence-electron chi connectivity index (χ1n) is 10.8. The zero-order valence-electron chi connectivity index (χ0n) is 17.7. The summed E-state index contributed by atoms with van der Waals surface area (Å²) in [5, 5.41) is 2.34. The van der Waals surface area contributed by atoms with Crippen LogP contribution in [0, 0.1) is 6.92 Å². The van der Waals surface area contributed by atoms with Crippen LogP contribution < -0.4 is 9.80 Å². The first-order valence-corrected chi connectivity index (χ1v) is 10.8. The van der Waals surface area contributed by atoms with Gasteiger partial charge in [0.25, 0.3) is 0 Å². The van der Waals surface area contributed by atoms with E-state index in [0.29, 0.717) is 6.04 Å². The smallest absolute Gasteiger partial charge is 0.159 e. The van der Waals surface area contributed by atoms with E-state index in [9.17, 15) is 0 Å². The molecule has 4 aromatic carbocycles. The Balaban J connectivity index is 1.59. The van der Waals surface area contributed by atoms with Crippen LogP contribution in [0.3, 0.4) is 0 Å². The van der Waals surface area contributed by atoms with Crippen molar-refractivity contribution in [3.63, 3.8) is 0 Å². The lowest BCUT2D eigenvalue weighted by Gasteiger charge is -2.43. The van der Waals surface area contributed by atoms with Gasteiger partial charge in [0.15, 0.2) is 5.58 Å². The van der Waals surface area contributed by atoms with Crippen molar-refractivity contribution in [2.45, 2.75) is 19.9 Å². The SMILES string of the molecule is Cc1ccc2c(oc3ccccc32)c1N1C[C@@H](C)N(c2ccccc2)c2ccccc21. The first-order chi connectivity index (χ1) is 15.2. The molecule has 0 bridgehead atoms. The summed E-state index contributed by atoms with van der Waals surface area (Å²) < 4.78 is 6.42. The Kier molecular flexibility index (Phi) is 4.03. The fourth-order valence-corrected chi connectivity index (χ4v) is 4.98. The molecular formula is C28H24N2O. The lowest BCUT2D eigenvalue weighted by molar-refractivity contribution is 0.656. The fraction of sp³-hybridized carbons (Fsp3) is 0.143. The molecule has 3 heteroatoms. The molecule has 1 aliphatic heterocycles. The van der Waals surface area contributed by atoms with Gasteiger partial charge in [0.05, 0.1) is 17.1 Å². The zero-order valence-corrected chi connectivity index (χ0v) is 17.7. The summed E-state index contributed by atoms with van der Waals surface area (Å²) in [7, 11) is 0. The van der Waals surface area contributed by atoms with E-state index in [1.807, 2.05) is 6.07 Å². The molecule has 0 N–H and O–H groups in total. The number of rotatable bonds is 2. The summed E-state index contributed by atoms with van der Waals surface area (Å²) in [5.41, 5.74) is 7.95. The Bertz CT molecular complexity index is 1400. The number of hydrogen-bond donors (Lipinski definition) is 0. The summed E-state index contributed by atoms with van der Waals surface area (Å²) in [5.74, 6) is 0. The van der Waals surface area contributed by atoms with Gasteiger partial charge < -0.3 is 14.2 Å². The van der Waals surface area contributed by atoms with Gasteiger partial charge in [0, 0.05) is 29.0 Å². The highest BCUT2D eigenvalue weighted by molar-refractivity contribution is 6.10. The molecule has 2 heterocycles. The van der Waals surface area contributed by atoms with Crippen LogP contribution in [-0.2, 0) is 0 Å². The van der Waals surface area contributed by atoms with Crippen LogP contribution in [-0.4, -0.2) is 12.6 Å². The van der Waals surface area contributed by atoms with Gasteiger partial charge >= 0.3 is 0 Å². The van der Waals surface area contributed by atoms with Gasteiger partial charge in [-0.15, -0.1) is 0 Å². The number of aryl methyl sites for hydroxylation is 1. The molecule has 3 nitrogen and oxygen atoms in total. The van der Waals surface area contributed by atoms with Crippen LogP contribution in [0.25, 0.3) is 21.9 Å². The average molecular weight is 405 g/mol. The normalized spacial score (nSPS) is 16.1. The van der Waals surface area contributed by atoms with E-state index >= 15 is 0 Å². The molecule has 31 heavy (non-hydrogen) atoms. The number of hydrogen-bond acceptors (Lipinski definition) is 3. The summed E-state index contributed by atoms with van der Waals surface area (Å²) in [6, 6.07) is 32.4. The van der Waals surface area contributed by atoms with E-state index in [0.717, 1.165) is 17.7 Å². The Labute approximate surface area is 182 Å². The molecule has 0 radical (unpaired) electrons. The molecule has 1 atom stereocenters. The summed E-state index contributed by atoms with van der Waals surface area (Å²) in [4.78, 5) is 4.89. The van der Waals surface area contributed by atoms with E-state index in [-0.39, 0.29) is 0 Å². The molecule has 152 valence electrons. The maximum absolute atomic E-state index is 6.42. The van der Waals surface area contributed by atoms with Crippen molar-refractivity contribution < 1.29 is 4.42 Å². The average Bonchev–Trinajstić information content (AvgIpc) is 3.18. The molecule has 0 amide bonds. The van der Waals surface area contributed by atoms with Crippen molar-refractivity contribution >= 4 is 44.7 Å². The molecule has 0 unspecified atom stereocenters. The standard InChI is InChI=1S/C28H24N2O/c1-19-16-17-23-22-12-6-9-15-26(22)31-28(23)27(19)29-18-20(2)30(21-10-4-3-5-11-21)25-14-8-7-13-24(25)29/h3-17,20H,18H2,1-2H3/t20-/m1/s1. The van der Waals surface area contributed by atoms with Crippen LogP contribution in [0.1, 0.15) is 12.5 Å². The second kappa shape index (κ2) is 6.92. The molecule has 0 fully saturated rings. The monoisotopic (exact) mass is 404 g/mol. The van der Waals surface area contributed by atoms with Crippen LogP contribution in [0.5, 0.6) is 0 Å². The summed E-state index contributed by atoms with van der Waals surface area (Å²) in [6.07, 6.45) is 0. The zero-order chi connectivity index (χ0) is 20.9. The van der Waals surface area contributed by atoms with Crippen molar-refractivity contribution in [2.24, 2.45) is 0 Å². The molecular weight excluding hydrogens is 380 g/mol. The minimum atomic E-state index is 0.302. The Morgan fingerprint density at radius 1 is 0.742 bits per heavy atom. The van der Waals surface area contributed by atoms with Crippen molar-refractivity contribution in [1.29, 1.82) is 0 Å². The molecule has 6 rings (SSSR count). The quantitative estimate of drug-likeness (QED) is 0.302. The summed E-state index contributed by atoms with van der Waals surface area (Å²) in [6.45, 7) is 5.35. The summed E-state index contributed by atoms with van der Waals surface area (Å²) >= 11 is 0. The van der Waals surface area contributed by atoms with Crippen molar-refractivity contribution in [3.8, 4) is 0 Å². The third-order valence-corrected chi connectivity index (χ3v) is 6.35. The minimum Gasteiger partial charge on any atom is -0.454 e. The van der Waals surface area contributed by atoms with Crippen LogP contribution in [0.15, 0.2) is 95.4 Å². The second-order valence-corrected chi connectivity index (χ2v) is 8.36. The van der Waals surface area contributed by atoms with E-state index in [2.05, 4.69) is 109 Å². The molecule has 0 aliphatic carbocycles. The predicted octanol–water partition coefficient (Wildman–Crippen LogP) is 7.57. The van der Waals surface area contributed by atoms with E-state index in [4.69, 9.17) is 4.42 Å². The van der Waals surface area contributed by atoms with Crippen LogP contribution in [0.4, 0.5) is 22.7 Å². The molecule has 0 saturated carbocycles. The van der Waals surface area contributed by atoms with Crippen molar-refractivity contribution in [2.75, 3.05) is 16.3 Å². The van der Waals surface area contributed by atoms with Gasteiger partial charge in [0.2, 0.25) is 0 Å². The van der Waals surface area contributed by atoms with Gasteiger partial charge in [-0.3, -0.25) is 0 Å². The lowest BCUT2D eigenvalue weighted by atomic mass is 10.0. The molecule has 1 aliphatic rings. The van der Waals surface area contributed by atoms with Crippen LogP contribution in [0.2, 0.25) is 0 Å². The van der Waals surface area contributed by atoms with Gasteiger partial charge in [-0.25, -0.2) is 0 Å². The number of anilines is 4. The van der Waals surface area contributed by atoms with E-state index in [1.165, 1.54) is 39.1 Å². The van der Waals surface area contributed by atoms with Crippen molar-refractivity contribution in [3.05, 3.63) is 96.6 Å². The Morgan fingerprint density at radius 2 is 1.45 bits per heavy atom. The van der Waals surface area contributed by atoms with Crippen molar-refractivity contribution in [1.82, 2.24) is 0 Å². The van der Waals surface area contributed by atoms with Gasteiger partial charge in [0.1, 0.15) is 5.58 Å². The largest absolute Gasteiger partial charge is 0.454 e. The first kappa shape index (κ1) is 18.1. The highest BCUT2D eigenvalue weighted by atomic mass is 16.3. The number of fused-ring (bicyclic) bond motifs is 4. The van der Waals surface area contributed by atoms with Gasteiger partial charge in [-0.2, -0.15) is 0 Å². The second-order valence-electron chi connectivity index (χ2n) is 8.36.